The smallest absolute Gasteiger partial charge is 0.273 e. The largest absolute Gasteiger partial charge is 0.340 e. The molecule has 23 heavy (non-hydrogen) atoms. The second-order valence-corrected chi connectivity index (χ2v) is 5.90. The SMILES string of the molecule is CCCCN(C)C(=O)c1cnc(Nc2c(Cl)cccc2Cl)cn1. The highest BCUT2D eigenvalue weighted by molar-refractivity contribution is 6.39. The summed E-state index contributed by atoms with van der Waals surface area (Å²) in [5.41, 5.74) is 0.865. The van der Waals surface area contributed by atoms with Crippen LogP contribution in [0, 0.1) is 0 Å². The molecule has 0 saturated heterocycles. The second-order valence-electron chi connectivity index (χ2n) is 5.09. The fourth-order valence-corrected chi connectivity index (χ4v) is 2.43. The first kappa shape index (κ1) is 17.5. The molecule has 0 aliphatic rings. The fraction of sp³-hybridized carbons (Fsp3) is 0.312. The molecule has 0 aliphatic carbocycles. The third-order valence-electron chi connectivity index (χ3n) is 3.28. The minimum absolute atomic E-state index is 0.145. The maximum absolute atomic E-state index is 12.2. The predicted molar refractivity (Wildman–Crippen MR) is 93.6 cm³/mol. The van der Waals surface area contributed by atoms with Gasteiger partial charge in [0.1, 0.15) is 11.5 Å². The number of carbonyl (C=O) groups excluding carboxylic acids is 1. The van der Waals surface area contributed by atoms with E-state index >= 15 is 0 Å². The number of hydrogen-bond acceptors (Lipinski definition) is 4. The lowest BCUT2D eigenvalue weighted by molar-refractivity contribution is 0.0787. The van der Waals surface area contributed by atoms with Crippen molar-refractivity contribution in [3.05, 3.63) is 46.3 Å². The van der Waals surface area contributed by atoms with Crippen LogP contribution in [-0.4, -0.2) is 34.4 Å². The lowest BCUT2D eigenvalue weighted by atomic mass is 10.3. The molecule has 2 aromatic rings. The Balaban J connectivity index is 2.09. The zero-order valence-corrected chi connectivity index (χ0v) is 14.5. The summed E-state index contributed by atoms with van der Waals surface area (Å²) in [7, 11) is 1.76. The third kappa shape index (κ3) is 4.56. The lowest BCUT2D eigenvalue weighted by Crippen LogP contribution is -2.28. The van der Waals surface area contributed by atoms with Crippen molar-refractivity contribution in [3.8, 4) is 0 Å². The van der Waals surface area contributed by atoms with Crippen LogP contribution >= 0.6 is 23.2 Å². The minimum atomic E-state index is -0.145. The highest BCUT2D eigenvalue weighted by atomic mass is 35.5. The number of nitrogens with zero attached hydrogens (tertiary/aromatic N) is 3. The fourth-order valence-electron chi connectivity index (χ4n) is 1.94. The highest BCUT2D eigenvalue weighted by Crippen LogP contribution is 2.31. The van der Waals surface area contributed by atoms with Crippen molar-refractivity contribution in [2.24, 2.45) is 0 Å². The first-order valence-corrected chi connectivity index (χ1v) is 8.07. The molecule has 1 aromatic carbocycles. The number of unbranched alkanes of at least 4 members (excludes halogenated alkanes) is 1. The summed E-state index contributed by atoms with van der Waals surface area (Å²) in [6.45, 7) is 2.78. The number of hydrogen-bond donors (Lipinski definition) is 1. The van der Waals surface area contributed by atoms with Crippen LogP contribution < -0.4 is 5.32 Å². The van der Waals surface area contributed by atoms with E-state index in [4.69, 9.17) is 23.2 Å². The summed E-state index contributed by atoms with van der Waals surface area (Å²) < 4.78 is 0. The van der Waals surface area contributed by atoms with E-state index < -0.39 is 0 Å². The lowest BCUT2D eigenvalue weighted by Gasteiger charge is -2.16. The van der Waals surface area contributed by atoms with E-state index in [0.717, 1.165) is 12.8 Å². The quantitative estimate of drug-likeness (QED) is 0.836. The maximum atomic E-state index is 12.2. The Morgan fingerprint density at radius 3 is 2.48 bits per heavy atom. The normalized spacial score (nSPS) is 10.4. The van der Waals surface area contributed by atoms with Gasteiger partial charge in [-0.25, -0.2) is 9.97 Å². The Kier molecular flexibility index (Phi) is 6.19. The van der Waals surface area contributed by atoms with Gasteiger partial charge in [-0.1, -0.05) is 42.6 Å². The number of nitrogens with one attached hydrogen (secondary N) is 1. The number of rotatable bonds is 6. The van der Waals surface area contributed by atoms with Gasteiger partial charge in [-0.05, 0) is 18.6 Å². The Bertz CT molecular complexity index is 656. The number of amides is 1. The van der Waals surface area contributed by atoms with Gasteiger partial charge in [0.25, 0.3) is 5.91 Å². The number of anilines is 2. The van der Waals surface area contributed by atoms with Crippen LogP contribution in [0.5, 0.6) is 0 Å². The summed E-state index contributed by atoms with van der Waals surface area (Å²) in [5, 5.41) is 3.98. The molecule has 0 fully saturated rings. The van der Waals surface area contributed by atoms with Gasteiger partial charge in [0.15, 0.2) is 0 Å². The maximum Gasteiger partial charge on any atom is 0.273 e. The van der Waals surface area contributed by atoms with Crippen LogP contribution in [-0.2, 0) is 0 Å². The Morgan fingerprint density at radius 1 is 1.22 bits per heavy atom. The molecule has 0 atom stereocenters. The molecule has 1 heterocycles. The van der Waals surface area contributed by atoms with E-state index in [-0.39, 0.29) is 5.91 Å². The van der Waals surface area contributed by atoms with E-state index in [9.17, 15) is 4.79 Å². The summed E-state index contributed by atoms with van der Waals surface area (Å²) >= 11 is 12.2. The molecule has 0 unspecified atom stereocenters. The van der Waals surface area contributed by atoms with Crippen molar-refractivity contribution in [2.45, 2.75) is 19.8 Å². The van der Waals surface area contributed by atoms with E-state index in [2.05, 4.69) is 22.2 Å². The summed E-state index contributed by atoms with van der Waals surface area (Å²) in [5.74, 6) is 0.320. The molecule has 1 N–H and O–H groups in total. The minimum Gasteiger partial charge on any atom is -0.340 e. The predicted octanol–water partition coefficient (Wildman–Crippen LogP) is 4.40. The van der Waals surface area contributed by atoms with Crippen molar-refractivity contribution in [2.75, 3.05) is 18.9 Å². The van der Waals surface area contributed by atoms with Gasteiger partial charge in [-0.3, -0.25) is 4.79 Å². The molecule has 0 aliphatic heterocycles. The number of benzene rings is 1. The highest BCUT2D eigenvalue weighted by Gasteiger charge is 2.13. The third-order valence-corrected chi connectivity index (χ3v) is 3.91. The molecule has 5 nitrogen and oxygen atoms in total. The van der Waals surface area contributed by atoms with Crippen molar-refractivity contribution in [1.82, 2.24) is 14.9 Å². The molecular formula is C16H18Cl2N4O. The molecule has 0 spiro atoms. The number of aromatic nitrogens is 2. The first-order chi connectivity index (χ1) is 11.0. The standard InChI is InChI=1S/C16H18Cl2N4O/c1-3-4-8-22(2)16(23)13-9-20-14(10-19-13)21-15-11(17)6-5-7-12(15)18/h5-7,9-10H,3-4,8H2,1-2H3,(H,20,21). The van der Waals surface area contributed by atoms with Crippen LogP contribution in [0.15, 0.2) is 30.6 Å². The average molecular weight is 353 g/mol. The van der Waals surface area contributed by atoms with Gasteiger partial charge in [0, 0.05) is 13.6 Å². The molecule has 0 saturated carbocycles. The molecule has 7 heteroatoms. The summed E-state index contributed by atoms with van der Waals surface area (Å²) in [6, 6.07) is 5.21. The van der Waals surface area contributed by atoms with Crippen LogP contribution in [0.3, 0.4) is 0 Å². The van der Waals surface area contributed by atoms with Crippen molar-refractivity contribution in [1.29, 1.82) is 0 Å². The van der Waals surface area contributed by atoms with Gasteiger partial charge in [0.2, 0.25) is 0 Å². The van der Waals surface area contributed by atoms with Crippen LogP contribution in [0.1, 0.15) is 30.3 Å². The van der Waals surface area contributed by atoms with Crippen molar-refractivity contribution in [3.63, 3.8) is 0 Å². The van der Waals surface area contributed by atoms with Crippen molar-refractivity contribution >= 4 is 40.6 Å². The number of carbonyl (C=O) groups is 1. The van der Waals surface area contributed by atoms with E-state index in [1.54, 1.807) is 30.1 Å². The topological polar surface area (TPSA) is 58.1 Å². The number of para-hydroxylation sites is 1. The second kappa shape index (κ2) is 8.13. The summed E-state index contributed by atoms with van der Waals surface area (Å²) in [4.78, 5) is 22.2. The number of halogens is 2. The van der Waals surface area contributed by atoms with Crippen molar-refractivity contribution < 1.29 is 4.79 Å². The molecule has 1 amide bonds. The van der Waals surface area contributed by atoms with Gasteiger partial charge in [0.05, 0.1) is 28.1 Å². The Morgan fingerprint density at radius 2 is 1.91 bits per heavy atom. The van der Waals surface area contributed by atoms with Crippen LogP contribution in [0.4, 0.5) is 11.5 Å². The monoisotopic (exact) mass is 352 g/mol. The summed E-state index contributed by atoms with van der Waals surface area (Å²) in [6.07, 6.45) is 4.92. The van der Waals surface area contributed by atoms with Crippen LogP contribution in [0.25, 0.3) is 0 Å². The average Bonchev–Trinajstić information content (AvgIpc) is 2.56. The Hall–Kier alpha value is -1.85. The van der Waals surface area contributed by atoms with Gasteiger partial charge < -0.3 is 10.2 Å². The van der Waals surface area contributed by atoms with Gasteiger partial charge >= 0.3 is 0 Å². The van der Waals surface area contributed by atoms with Gasteiger partial charge in [-0.15, -0.1) is 0 Å². The first-order valence-electron chi connectivity index (χ1n) is 7.31. The van der Waals surface area contributed by atoms with E-state index in [1.165, 1.54) is 12.4 Å². The molecular weight excluding hydrogens is 335 g/mol. The zero-order chi connectivity index (χ0) is 16.8. The van der Waals surface area contributed by atoms with Crippen LogP contribution in [0.2, 0.25) is 10.0 Å². The Labute approximate surface area is 145 Å². The van der Waals surface area contributed by atoms with E-state index in [0.29, 0.717) is 33.8 Å². The zero-order valence-electron chi connectivity index (χ0n) is 13.0. The molecule has 2 rings (SSSR count). The van der Waals surface area contributed by atoms with E-state index in [1.807, 2.05) is 0 Å². The molecule has 122 valence electrons. The molecule has 1 aromatic heterocycles. The molecule has 0 radical (unpaired) electrons. The molecule has 0 bridgehead atoms. The van der Waals surface area contributed by atoms with Gasteiger partial charge in [-0.2, -0.15) is 0 Å².